The van der Waals surface area contributed by atoms with E-state index in [1.165, 1.54) is 0 Å². The van der Waals surface area contributed by atoms with Gasteiger partial charge in [-0.1, -0.05) is 0 Å². The number of morpholine rings is 1. The summed E-state index contributed by atoms with van der Waals surface area (Å²) in [5, 5.41) is 13.3. The molecule has 7 nitrogen and oxygen atoms in total. The van der Waals surface area contributed by atoms with Gasteiger partial charge >= 0.3 is 0 Å². The molecule has 1 amide bonds. The number of amides is 1. The number of nitrogens with zero attached hydrogens (tertiary/aromatic N) is 1. The Bertz CT molecular complexity index is 465. The van der Waals surface area contributed by atoms with Crippen LogP contribution in [0.3, 0.4) is 0 Å². The minimum absolute atomic E-state index is 0.0389. The molecule has 2 aliphatic heterocycles. The third-order valence-corrected chi connectivity index (χ3v) is 3.96. The van der Waals surface area contributed by atoms with Crippen molar-refractivity contribution < 1.29 is 14.3 Å². The molecule has 7 heteroatoms. The topological polar surface area (TPSA) is 88.3 Å². The Hall–Kier alpha value is -1.44. The second-order valence-corrected chi connectivity index (χ2v) is 5.57. The van der Waals surface area contributed by atoms with Crippen molar-refractivity contribution in [2.24, 2.45) is 0 Å². The fraction of sp³-hybridized carbons (Fsp3) is 0.714. The van der Waals surface area contributed by atoms with E-state index < -0.39 is 0 Å². The quantitative estimate of drug-likeness (QED) is 0.757. The van der Waals surface area contributed by atoms with E-state index in [2.05, 4.69) is 20.8 Å². The molecule has 2 fully saturated rings. The normalized spacial score (nSPS) is 23.9. The van der Waals surface area contributed by atoms with E-state index in [-0.39, 0.29) is 11.9 Å². The Kier molecular flexibility index (Phi) is 4.84. The standard InChI is InChI=1S/C14H22N4O3/c19-14(7-11-9-21-6-3-15-11)16-13-8-12(17-18-13)10-1-4-20-5-2-10/h8,10-11,15H,1-7,9H2,(H2,16,17,18,19). The maximum Gasteiger partial charge on any atom is 0.227 e. The van der Waals surface area contributed by atoms with Crippen LogP contribution in [0.5, 0.6) is 0 Å². The van der Waals surface area contributed by atoms with Crippen LogP contribution >= 0.6 is 0 Å². The van der Waals surface area contributed by atoms with Gasteiger partial charge < -0.3 is 20.1 Å². The van der Waals surface area contributed by atoms with Gasteiger partial charge in [0.2, 0.25) is 5.91 Å². The van der Waals surface area contributed by atoms with Gasteiger partial charge in [0, 0.05) is 49.9 Å². The highest BCUT2D eigenvalue weighted by molar-refractivity contribution is 5.90. The summed E-state index contributed by atoms with van der Waals surface area (Å²) < 4.78 is 10.7. The second-order valence-electron chi connectivity index (χ2n) is 5.57. The van der Waals surface area contributed by atoms with Crippen molar-refractivity contribution in [2.45, 2.75) is 31.2 Å². The summed E-state index contributed by atoms with van der Waals surface area (Å²) in [4.78, 5) is 12.0. The first-order valence-electron chi connectivity index (χ1n) is 7.55. The van der Waals surface area contributed by atoms with E-state index in [0.29, 0.717) is 31.4 Å². The van der Waals surface area contributed by atoms with Gasteiger partial charge in [0.25, 0.3) is 0 Å². The molecule has 0 radical (unpaired) electrons. The molecule has 1 unspecified atom stereocenters. The molecule has 0 aliphatic carbocycles. The molecular weight excluding hydrogens is 272 g/mol. The number of hydrogen-bond donors (Lipinski definition) is 3. The highest BCUT2D eigenvalue weighted by Gasteiger charge is 2.20. The summed E-state index contributed by atoms with van der Waals surface area (Å²) in [6, 6.07) is 2.02. The molecule has 2 aliphatic rings. The third-order valence-electron chi connectivity index (χ3n) is 3.96. The monoisotopic (exact) mass is 294 g/mol. The fourth-order valence-corrected chi connectivity index (χ4v) is 2.79. The molecule has 0 spiro atoms. The molecule has 116 valence electrons. The lowest BCUT2D eigenvalue weighted by atomic mass is 9.97. The average molecular weight is 294 g/mol. The van der Waals surface area contributed by atoms with Crippen LogP contribution in [0, 0.1) is 0 Å². The predicted octanol–water partition coefficient (Wildman–Crippen LogP) is 0.621. The lowest BCUT2D eigenvalue weighted by molar-refractivity contribution is -0.117. The van der Waals surface area contributed by atoms with Crippen LogP contribution in [0.2, 0.25) is 0 Å². The molecule has 1 atom stereocenters. The number of carbonyl (C=O) groups is 1. The van der Waals surface area contributed by atoms with Crippen LogP contribution in [-0.2, 0) is 14.3 Å². The SMILES string of the molecule is O=C(CC1COCCN1)Nc1cc(C2CCOCC2)[nH]n1. The van der Waals surface area contributed by atoms with Crippen molar-refractivity contribution in [1.82, 2.24) is 15.5 Å². The van der Waals surface area contributed by atoms with Gasteiger partial charge in [-0.15, -0.1) is 0 Å². The van der Waals surface area contributed by atoms with Gasteiger partial charge in [0.15, 0.2) is 5.82 Å². The zero-order valence-corrected chi connectivity index (χ0v) is 12.1. The van der Waals surface area contributed by atoms with Crippen molar-refractivity contribution >= 4 is 11.7 Å². The molecule has 3 rings (SSSR count). The number of hydrogen-bond acceptors (Lipinski definition) is 5. The van der Waals surface area contributed by atoms with Crippen LogP contribution < -0.4 is 10.6 Å². The van der Waals surface area contributed by atoms with Crippen molar-refractivity contribution in [3.63, 3.8) is 0 Å². The molecule has 2 saturated heterocycles. The van der Waals surface area contributed by atoms with E-state index >= 15 is 0 Å². The first-order valence-corrected chi connectivity index (χ1v) is 7.55. The minimum atomic E-state index is -0.0389. The van der Waals surface area contributed by atoms with Gasteiger partial charge in [0.1, 0.15) is 0 Å². The Morgan fingerprint density at radius 1 is 1.33 bits per heavy atom. The zero-order valence-electron chi connectivity index (χ0n) is 12.1. The second kappa shape index (κ2) is 7.02. The zero-order chi connectivity index (χ0) is 14.5. The Balaban J connectivity index is 1.50. The summed E-state index contributed by atoms with van der Waals surface area (Å²) in [7, 11) is 0. The number of aromatic amines is 1. The van der Waals surface area contributed by atoms with E-state index in [9.17, 15) is 4.79 Å². The first kappa shape index (κ1) is 14.5. The summed E-state index contributed by atoms with van der Waals surface area (Å²) in [5.74, 6) is 1.01. The lowest BCUT2D eigenvalue weighted by Gasteiger charge is -2.22. The maximum atomic E-state index is 12.0. The smallest absolute Gasteiger partial charge is 0.227 e. The lowest BCUT2D eigenvalue weighted by Crippen LogP contribution is -2.43. The van der Waals surface area contributed by atoms with Crippen LogP contribution in [0.25, 0.3) is 0 Å². The number of carbonyl (C=O) groups excluding carboxylic acids is 1. The summed E-state index contributed by atoms with van der Waals surface area (Å²) >= 11 is 0. The molecule has 1 aromatic rings. The van der Waals surface area contributed by atoms with Gasteiger partial charge in [-0.25, -0.2) is 0 Å². The van der Waals surface area contributed by atoms with Gasteiger partial charge in [-0.05, 0) is 12.8 Å². The van der Waals surface area contributed by atoms with E-state index in [1.54, 1.807) is 0 Å². The molecule has 0 bridgehead atoms. The summed E-state index contributed by atoms with van der Waals surface area (Å²) in [5.41, 5.74) is 1.08. The Morgan fingerprint density at radius 3 is 2.95 bits per heavy atom. The molecule has 0 saturated carbocycles. The number of rotatable bonds is 4. The predicted molar refractivity (Wildman–Crippen MR) is 77.2 cm³/mol. The van der Waals surface area contributed by atoms with Crippen molar-refractivity contribution in [1.29, 1.82) is 0 Å². The molecular formula is C14H22N4O3. The van der Waals surface area contributed by atoms with Gasteiger partial charge in [-0.2, -0.15) is 5.10 Å². The largest absolute Gasteiger partial charge is 0.381 e. The highest BCUT2D eigenvalue weighted by Crippen LogP contribution is 2.26. The molecule has 3 heterocycles. The van der Waals surface area contributed by atoms with Crippen LogP contribution in [0.1, 0.15) is 30.9 Å². The van der Waals surface area contributed by atoms with E-state index in [0.717, 1.165) is 38.3 Å². The first-order chi connectivity index (χ1) is 10.3. The fourth-order valence-electron chi connectivity index (χ4n) is 2.79. The highest BCUT2D eigenvalue weighted by atomic mass is 16.5. The van der Waals surface area contributed by atoms with Crippen molar-refractivity contribution in [3.8, 4) is 0 Å². The summed E-state index contributed by atoms with van der Waals surface area (Å²) in [6.45, 7) is 3.68. The van der Waals surface area contributed by atoms with E-state index in [1.807, 2.05) is 6.07 Å². The van der Waals surface area contributed by atoms with Gasteiger partial charge in [-0.3, -0.25) is 9.89 Å². The van der Waals surface area contributed by atoms with Crippen LogP contribution in [0.4, 0.5) is 5.82 Å². The number of anilines is 1. The molecule has 0 aromatic carbocycles. The molecule has 1 aromatic heterocycles. The Labute approximate surface area is 123 Å². The van der Waals surface area contributed by atoms with Crippen molar-refractivity contribution in [2.75, 3.05) is 38.3 Å². The van der Waals surface area contributed by atoms with Gasteiger partial charge in [0.05, 0.1) is 13.2 Å². The van der Waals surface area contributed by atoms with E-state index in [4.69, 9.17) is 9.47 Å². The Morgan fingerprint density at radius 2 is 2.19 bits per heavy atom. The molecule has 21 heavy (non-hydrogen) atoms. The number of aromatic nitrogens is 2. The summed E-state index contributed by atoms with van der Waals surface area (Å²) in [6.07, 6.45) is 2.40. The number of H-pyrrole nitrogens is 1. The molecule has 3 N–H and O–H groups in total. The maximum absolute atomic E-state index is 12.0. The minimum Gasteiger partial charge on any atom is -0.381 e. The number of ether oxygens (including phenoxy) is 2. The average Bonchev–Trinajstić information content (AvgIpc) is 2.97. The van der Waals surface area contributed by atoms with Crippen molar-refractivity contribution in [3.05, 3.63) is 11.8 Å². The van der Waals surface area contributed by atoms with Crippen LogP contribution in [0.15, 0.2) is 6.07 Å². The third kappa shape index (κ3) is 4.03. The number of nitrogens with one attached hydrogen (secondary N) is 3. The van der Waals surface area contributed by atoms with Crippen LogP contribution in [-0.4, -0.2) is 55.1 Å².